The molecule has 0 unspecified atom stereocenters. The molecule has 2 nitrogen and oxygen atoms in total. The van der Waals surface area contributed by atoms with Gasteiger partial charge in [0.15, 0.2) is 0 Å². The lowest BCUT2D eigenvalue weighted by molar-refractivity contribution is 1.15. The second-order valence-electron chi connectivity index (χ2n) is 10.6. The van der Waals surface area contributed by atoms with Crippen LogP contribution in [-0.2, 0) is 0 Å². The molecule has 0 atom stereocenters. The lowest BCUT2D eigenvalue weighted by Gasteiger charge is -2.17. The summed E-state index contributed by atoms with van der Waals surface area (Å²) in [5.74, 6) is 0. The van der Waals surface area contributed by atoms with Crippen molar-refractivity contribution in [3.8, 4) is 16.8 Å². The lowest BCUT2D eigenvalue weighted by atomic mass is 9.91. The summed E-state index contributed by atoms with van der Waals surface area (Å²) in [6.45, 7) is 6.65. The molecule has 0 aliphatic heterocycles. The van der Waals surface area contributed by atoms with Gasteiger partial charge in [0.25, 0.3) is 0 Å². The zero-order valence-corrected chi connectivity index (χ0v) is 23.6. The molecule has 0 amide bonds. The van der Waals surface area contributed by atoms with Gasteiger partial charge in [-0.15, -0.1) is 0 Å². The van der Waals surface area contributed by atoms with Crippen molar-refractivity contribution in [3.63, 3.8) is 0 Å². The predicted molar refractivity (Wildman–Crippen MR) is 173 cm³/mol. The number of hydrogen-bond acceptors (Lipinski definition) is 1. The Kier molecular flexibility index (Phi) is 5.87. The molecule has 194 valence electrons. The molecule has 6 aromatic carbocycles. The fourth-order valence-corrected chi connectivity index (χ4v) is 6.34. The topological polar surface area (TPSA) is 17.0 Å². The van der Waals surface area contributed by atoms with Gasteiger partial charge < -0.3 is 9.88 Å². The third-order valence-corrected chi connectivity index (χ3v) is 8.43. The van der Waals surface area contributed by atoms with Crippen molar-refractivity contribution < 1.29 is 0 Å². The fourth-order valence-electron chi connectivity index (χ4n) is 6.16. The van der Waals surface area contributed by atoms with E-state index in [4.69, 9.17) is 11.6 Å². The smallest absolute Gasteiger partial charge is 0.0640 e. The summed E-state index contributed by atoms with van der Waals surface area (Å²) in [5.41, 5.74) is 11.9. The Balaban J connectivity index is 1.46. The van der Waals surface area contributed by atoms with Crippen LogP contribution in [0.25, 0.3) is 49.4 Å². The van der Waals surface area contributed by atoms with Gasteiger partial charge in [0.1, 0.15) is 0 Å². The molecule has 3 heteroatoms. The number of benzene rings is 6. The van der Waals surface area contributed by atoms with Crippen LogP contribution in [0.15, 0.2) is 115 Å². The minimum Gasteiger partial charge on any atom is -0.354 e. The first-order chi connectivity index (χ1) is 19.5. The van der Waals surface area contributed by atoms with E-state index in [1.807, 2.05) is 24.3 Å². The van der Waals surface area contributed by atoms with Crippen LogP contribution < -0.4 is 5.32 Å². The molecule has 1 aromatic heterocycles. The van der Waals surface area contributed by atoms with Crippen LogP contribution in [0.3, 0.4) is 0 Å². The number of nitrogens with one attached hydrogen (secondary N) is 1. The number of nitrogens with zero attached hydrogens (tertiary/aromatic N) is 1. The molecular formula is C37H29ClN2. The largest absolute Gasteiger partial charge is 0.354 e. The molecule has 0 spiro atoms. The zero-order valence-electron chi connectivity index (χ0n) is 22.8. The highest BCUT2D eigenvalue weighted by molar-refractivity contribution is 6.33. The fraction of sp³-hybridized carbons (Fsp3) is 0.0811. The predicted octanol–water partition coefficient (Wildman–Crippen LogP) is 10.9. The van der Waals surface area contributed by atoms with Crippen molar-refractivity contribution in [2.24, 2.45) is 0 Å². The van der Waals surface area contributed by atoms with Gasteiger partial charge in [-0.25, -0.2) is 0 Å². The van der Waals surface area contributed by atoms with Crippen LogP contribution in [0.5, 0.6) is 0 Å². The molecule has 7 aromatic rings. The molecule has 1 N–H and O–H groups in total. The van der Waals surface area contributed by atoms with E-state index in [-0.39, 0.29) is 0 Å². The summed E-state index contributed by atoms with van der Waals surface area (Å²) in [7, 11) is 0. The number of rotatable bonds is 4. The van der Waals surface area contributed by atoms with Gasteiger partial charge in [0, 0.05) is 27.5 Å². The van der Waals surface area contributed by atoms with E-state index in [9.17, 15) is 0 Å². The zero-order chi connectivity index (χ0) is 27.4. The van der Waals surface area contributed by atoms with Gasteiger partial charge in [-0.05, 0) is 90.4 Å². The van der Waals surface area contributed by atoms with Crippen LogP contribution in [0.1, 0.15) is 16.7 Å². The van der Waals surface area contributed by atoms with Gasteiger partial charge in [-0.1, -0.05) is 90.5 Å². The Morgan fingerprint density at radius 2 is 1.35 bits per heavy atom. The second kappa shape index (κ2) is 9.59. The van der Waals surface area contributed by atoms with Gasteiger partial charge in [0.05, 0.1) is 21.7 Å². The van der Waals surface area contributed by atoms with Crippen molar-refractivity contribution in [1.29, 1.82) is 0 Å². The number of para-hydroxylation sites is 3. The van der Waals surface area contributed by atoms with E-state index >= 15 is 0 Å². The Hall–Kier alpha value is -4.53. The van der Waals surface area contributed by atoms with E-state index in [0.717, 1.165) is 11.4 Å². The highest BCUT2D eigenvalue weighted by Crippen LogP contribution is 2.41. The van der Waals surface area contributed by atoms with Crippen molar-refractivity contribution in [2.75, 3.05) is 5.32 Å². The molecule has 40 heavy (non-hydrogen) atoms. The van der Waals surface area contributed by atoms with Crippen molar-refractivity contribution in [3.05, 3.63) is 137 Å². The number of halogens is 1. The maximum Gasteiger partial charge on any atom is 0.0640 e. The summed E-state index contributed by atoms with van der Waals surface area (Å²) in [6, 6.07) is 40.9. The minimum absolute atomic E-state index is 0.711. The van der Waals surface area contributed by atoms with Crippen molar-refractivity contribution in [1.82, 2.24) is 4.57 Å². The Labute approximate surface area is 239 Å². The Morgan fingerprint density at radius 1 is 0.625 bits per heavy atom. The summed E-state index contributed by atoms with van der Waals surface area (Å²) < 4.78 is 2.46. The summed E-state index contributed by atoms with van der Waals surface area (Å²) in [4.78, 5) is 0. The van der Waals surface area contributed by atoms with Crippen LogP contribution in [0.2, 0.25) is 5.02 Å². The first kappa shape index (κ1) is 24.5. The third-order valence-electron chi connectivity index (χ3n) is 8.10. The van der Waals surface area contributed by atoms with Gasteiger partial charge in [0.2, 0.25) is 0 Å². The highest BCUT2D eigenvalue weighted by Gasteiger charge is 2.19. The third kappa shape index (κ3) is 3.87. The standard InChI is InChI=1S/C37H29ClN2/c1-23-10-4-8-14-34(23)40-35-15-9-5-11-30(35)31-20-17-26-16-19-29(25(3)36(26)37(31)40)28-21-18-27(22-24(28)2)39-33-13-7-6-12-32(33)38/h4-22,39H,1-3H3. The molecule has 1 heterocycles. The maximum absolute atomic E-state index is 6.40. The molecular weight excluding hydrogens is 508 g/mol. The lowest BCUT2D eigenvalue weighted by Crippen LogP contribution is -1.98. The summed E-state index contributed by atoms with van der Waals surface area (Å²) in [5, 5.41) is 9.29. The molecule has 0 saturated carbocycles. The number of aromatic nitrogens is 1. The van der Waals surface area contributed by atoms with Gasteiger partial charge in [-0.3, -0.25) is 0 Å². The normalized spacial score (nSPS) is 11.5. The monoisotopic (exact) mass is 536 g/mol. The summed E-state index contributed by atoms with van der Waals surface area (Å²) >= 11 is 6.40. The number of hydrogen-bond donors (Lipinski definition) is 1. The van der Waals surface area contributed by atoms with Crippen LogP contribution in [-0.4, -0.2) is 4.57 Å². The average molecular weight is 537 g/mol. The minimum atomic E-state index is 0.711. The Morgan fingerprint density at radius 3 is 2.17 bits per heavy atom. The van der Waals surface area contributed by atoms with Crippen molar-refractivity contribution in [2.45, 2.75) is 20.8 Å². The van der Waals surface area contributed by atoms with E-state index in [2.05, 4.69) is 122 Å². The van der Waals surface area contributed by atoms with E-state index < -0.39 is 0 Å². The van der Waals surface area contributed by atoms with Crippen LogP contribution >= 0.6 is 11.6 Å². The summed E-state index contributed by atoms with van der Waals surface area (Å²) in [6.07, 6.45) is 0. The maximum atomic E-state index is 6.40. The molecule has 0 bridgehead atoms. The Bertz CT molecular complexity index is 2080. The van der Waals surface area contributed by atoms with E-state index in [0.29, 0.717) is 5.02 Å². The quantitative estimate of drug-likeness (QED) is 0.236. The SMILES string of the molecule is Cc1cc(Nc2ccccc2Cl)ccc1-c1ccc2ccc3c4ccccc4n(-c4ccccc4C)c3c2c1C. The highest BCUT2D eigenvalue weighted by atomic mass is 35.5. The van der Waals surface area contributed by atoms with Crippen molar-refractivity contribution >= 4 is 55.6 Å². The first-order valence-corrected chi connectivity index (χ1v) is 14.0. The van der Waals surface area contributed by atoms with Gasteiger partial charge >= 0.3 is 0 Å². The molecule has 0 radical (unpaired) electrons. The second-order valence-corrected chi connectivity index (χ2v) is 11.0. The number of aryl methyl sites for hydroxylation is 3. The molecule has 0 aliphatic carbocycles. The first-order valence-electron chi connectivity index (χ1n) is 13.7. The van der Waals surface area contributed by atoms with E-state index in [1.54, 1.807) is 0 Å². The average Bonchev–Trinajstić information content (AvgIpc) is 3.29. The van der Waals surface area contributed by atoms with Crippen LogP contribution in [0.4, 0.5) is 11.4 Å². The molecule has 7 rings (SSSR count). The molecule has 0 fully saturated rings. The van der Waals surface area contributed by atoms with E-state index in [1.165, 1.54) is 66.1 Å². The van der Waals surface area contributed by atoms with Crippen LogP contribution in [0, 0.1) is 20.8 Å². The number of anilines is 2. The molecule has 0 saturated heterocycles. The molecule has 0 aliphatic rings. The van der Waals surface area contributed by atoms with Gasteiger partial charge in [-0.2, -0.15) is 0 Å². The number of fused-ring (bicyclic) bond motifs is 5.